The minimum atomic E-state index is -0.835. The predicted octanol–water partition coefficient (Wildman–Crippen LogP) is 4.23. The fourth-order valence-corrected chi connectivity index (χ4v) is 5.51. The number of rotatable bonds is 6. The van der Waals surface area contributed by atoms with Crippen molar-refractivity contribution in [3.8, 4) is 0 Å². The zero-order valence-corrected chi connectivity index (χ0v) is 23.1. The maximum Gasteiger partial charge on any atom is 0.418 e. The van der Waals surface area contributed by atoms with Crippen molar-refractivity contribution in [3.63, 3.8) is 0 Å². The molecule has 4 rings (SSSR count). The van der Waals surface area contributed by atoms with Gasteiger partial charge in [-0.25, -0.2) is 14.2 Å². The van der Waals surface area contributed by atoms with Crippen LogP contribution in [0.4, 0.5) is 4.79 Å². The van der Waals surface area contributed by atoms with Gasteiger partial charge in [-0.05, 0) is 38.8 Å². The molecule has 10 nitrogen and oxygen atoms in total. The van der Waals surface area contributed by atoms with Crippen molar-refractivity contribution in [3.05, 3.63) is 59.4 Å². The molecule has 39 heavy (non-hydrogen) atoms. The summed E-state index contributed by atoms with van der Waals surface area (Å²) in [4.78, 5) is 52.5. The second kappa shape index (κ2) is 11.0. The maximum atomic E-state index is 13.4. The first-order chi connectivity index (χ1) is 18.5. The summed E-state index contributed by atoms with van der Waals surface area (Å²) in [6, 6.07) is 7.17. The van der Waals surface area contributed by atoms with Gasteiger partial charge >= 0.3 is 24.0 Å². The Hall–Kier alpha value is -4.08. The number of hydrogen-bond acceptors (Lipinski definition) is 9. The Balaban J connectivity index is 1.90. The molecule has 2 aromatic rings. The van der Waals surface area contributed by atoms with Gasteiger partial charge in [-0.15, -0.1) is 0 Å². The lowest BCUT2D eigenvalue weighted by molar-refractivity contribution is -0.148. The Kier molecular flexibility index (Phi) is 7.85. The average molecular weight is 539 g/mol. The summed E-state index contributed by atoms with van der Waals surface area (Å²) in [6.45, 7) is 7.19. The highest BCUT2D eigenvalue weighted by molar-refractivity contribution is 5.97. The van der Waals surface area contributed by atoms with Crippen LogP contribution < -0.4 is 0 Å². The molecule has 1 aliphatic heterocycles. The molecule has 1 aromatic heterocycles. The molecule has 10 heteroatoms. The molecule has 0 unspecified atom stereocenters. The third-order valence-corrected chi connectivity index (χ3v) is 6.89. The summed E-state index contributed by atoms with van der Waals surface area (Å²) in [7, 11) is 2.61. The number of fused-ring (bicyclic) bond motifs is 6. The highest BCUT2D eigenvalue weighted by Gasteiger charge is 2.49. The Morgan fingerprint density at radius 2 is 1.79 bits per heavy atom. The molecule has 0 amide bonds. The third kappa shape index (κ3) is 5.55. The van der Waals surface area contributed by atoms with Crippen LogP contribution in [0.3, 0.4) is 0 Å². The number of para-hydroxylation sites is 1. The predicted molar refractivity (Wildman–Crippen MR) is 142 cm³/mol. The first-order valence-electron chi connectivity index (χ1n) is 12.8. The highest BCUT2D eigenvalue weighted by atomic mass is 16.6. The molecule has 0 radical (unpaired) electrons. The molecule has 2 aliphatic rings. The molecule has 1 aromatic carbocycles. The van der Waals surface area contributed by atoms with Gasteiger partial charge in [0.25, 0.3) is 0 Å². The number of carbonyl (C=O) groups is 4. The number of benzene rings is 1. The monoisotopic (exact) mass is 538 g/mol. The van der Waals surface area contributed by atoms with E-state index in [0.717, 1.165) is 10.9 Å². The summed E-state index contributed by atoms with van der Waals surface area (Å²) in [5, 5.41) is 0.814. The Morgan fingerprint density at radius 1 is 1.08 bits per heavy atom. The Labute approximate surface area is 227 Å². The van der Waals surface area contributed by atoms with Crippen molar-refractivity contribution in [2.24, 2.45) is 5.92 Å². The second-order valence-corrected chi connectivity index (χ2v) is 10.6. The number of allylic oxidation sites excluding steroid dienone is 2. The van der Waals surface area contributed by atoms with E-state index in [1.165, 1.54) is 31.8 Å². The van der Waals surface area contributed by atoms with Crippen LogP contribution in [0, 0.1) is 5.92 Å². The van der Waals surface area contributed by atoms with Gasteiger partial charge in [-0.1, -0.05) is 24.3 Å². The van der Waals surface area contributed by atoms with Crippen molar-refractivity contribution in [1.82, 2.24) is 9.47 Å². The van der Waals surface area contributed by atoms with Gasteiger partial charge in [0.15, 0.2) is 0 Å². The molecule has 0 saturated heterocycles. The first kappa shape index (κ1) is 27.9. The summed E-state index contributed by atoms with van der Waals surface area (Å²) >= 11 is 0. The van der Waals surface area contributed by atoms with Crippen LogP contribution in [-0.4, -0.2) is 66.4 Å². The lowest BCUT2D eigenvalue weighted by atomic mass is 9.69. The van der Waals surface area contributed by atoms with Crippen molar-refractivity contribution in [2.75, 3.05) is 27.4 Å². The van der Waals surface area contributed by atoms with Crippen molar-refractivity contribution < 1.29 is 38.1 Å². The fraction of sp³-hybridized carbons (Fsp3) is 0.448. The minimum Gasteiger partial charge on any atom is -0.468 e. The quantitative estimate of drug-likeness (QED) is 0.303. The fourth-order valence-electron chi connectivity index (χ4n) is 5.51. The van der Waals surface area contributed by atoms with Crippen LogP contribution in [0.25, 0.3) is 10.9 Å². The number of nitrogens with zero attached hydrogens (tertiary/aromatic N) is 2. The third-order valence-electron chi connectivity index (χ3n) is 6.89. The molecule has 2 heterocycles. The molecule has 3 atom stereocenters. The van der Waals surface area contributed by atoms with Gasteiger partial charge in [0.05, 0.1) is 38.0 Å². The topological polar surface area (TPSA) is 113 Å². The van der Waals surface area contributed by atoms with Crippen LogP contribution in [0.5, 0.6) is 0 Å². The normalized spacial score (nSPS) is 20.3. The van der Waals surface area contributed by atoms with E-state index in [1.807, 2.05) is 35.4 Å². The molecular weight excluding hydrogens is 504 g/mol. The van der Waals surface area contributed by atoms with Crippen molar-refractivity contribution in [1.29, 1.82) is 0 Å². The van der Waals surface area contributed by atoms with Crippen LogP contribution in [0.15, 0.2) is 48.2 Å². The number of esters is 3. The molecule has 0 saturated carbocycles. The largest absolute Gasteiger partial charge is 0.468 e. The second-order valence-electron chi connectivity index (χ2n) is 10.6. The summed E-state index contributed by atoms with van der Waals surface area (Å²) in [5.41, 5.74) is 1.94. The van der Waals surface area contributed by atoms with Gasteiger partial charge < -0.3 is 23.8 Å². The van der Waals surface area contributed by atoms with E-state index in [4.69, 9.17) is 18.9 Å². The first-order valence-corrected chi connectivity index (χ1v) is 12.8. The number of hydrogen-bond donors (Lipinski definition) is 0. The highest BCUT2D eigenvalue weighted by Crippen LogP contribution is 2.53. The molecule has 1 aliphatic carbocycles. The van der Waals surface area contributed by atoms with Crippen LogP contribution in [-0.2, 0) is 33.3 Å². The summed E-state index contributed by atoms with van der Waals surface area (Å²) < 4.78 is 22.5. The van der Waals surface area contributed by atoms with E-state index in [2.05, 4.69) is 0 Å². The van der Waals surface area contributed by atoms with E-state index in [0.29, 0.717) is 29.7 Å². The summed E-state index contributed by atoms with van der Waals surface area (Å²) in [5.74, 6) is -2.66. The molecule has 0 spiro atoms. The molecular formula is C29H34N2O8. The smallest absolute Gasteiger partial charge is 0.418 e. The van der Waals surface area contributed by atoms with Crippen molar-refractivity contribution >= 4 is 34.9 Å². The Bertz CT molecular complexity index is 1360. The van der Waals surface area contributed by atoms with Gasteiger partial charge in [0.2, 0.25) is 0 Å². The minimum absolute atomic E-state index is 0.140. The molecule has 0 N–H and O–H groups in total. The van der Waals surface area contributed by atoms with Crippen molar-refractivity contribution in [2.45, 2.75) is 51.7 Å². The Morgan fingerprint density at radius 3 is 2.44 bits per heavy atom. The van der Waals surface area contributed by atoms with Crippen LogP contribution in [0.2, 0.25) is 0 Å². The number of ether oxygens (including phenoxy) is 4. The van der Waals surface area contributed by atoms with E-state index in [-0.39, 0.29) is 12.6 Å². The lowest BCUT2D eigenvalue weighted by Gasteiger charge is -2.45. The molecule has 0 fully saturated rings. The van der Waals surface area contributed by atoms with Gasteiger partial charge in [-0.3, -0.25) is 9.59 Å². The number of methoxy groups -OCH3 is 2. The van der Waals surface area contributed by atoms with Gasteiger partial charge in [0, 0.05) is 36.1 Å². The van der Waals surface area contributed by atoms with Gasteiger partial charge in [0.1, 0.15) is 18.1 Å². The SMILES string of the molecule is COC(=O)[C@@H]1c2c(c3ccccc3n2C(=O)OC)[C@@H]2C[C@H]1C(/C=C/C(=O)OC(C)(C)C)=CN2CCOC(C)=O. The van der Waals surface area contributed by atoms with Gasteiger partial charge in [-0.2, -0.15) is 0 Å². The molecule has 2 bridgehead atoms. The van der Waals surface area contributed by atoms with E-state index < -0.39 is 41.4 Å². The van der Waals surface area contributed by atoms with E-state index >= 15 is 0 Å². The van der Waals surface area contributed by atoms with E-state index in [1.54, 1.807) is 26.8 Å². The van der Waals surface area contributed by atoms with E-state index in [9.17, 15) is 19.2 Å². The number of aromatic nitrogens is 1. The zero-order valence-electron chi connectivity index (χ0n) is 23.1. The zero-order chi connectivity index (χ0) is 28.5. The maximum absolute atomic E-state index is 13.4. The summed E-state index contributed by atoms with van der Waals surface area (Å²) in [6.07, 6.45) is 4.74. The van der Waals surface area contributed by atoms with Crippen LogP contribution >= 0.6 is 0 Å². The average Bonchev–Trinajstić information content (AvgIpc) is 3.22. The molecule has 208 valence electrons. The van der Waals surface area contributed by atoms with Crippen LogP contribution in [0.1, 0.15) is 57.3 Å². The standard InChI is InChI=1S/C29H34N2O8/c1-17(32)38-14-13-30-16-18(11-12-23(33)39-29(2,3)4)20-15-22(30)24-19-9-7-8-10-21(19)31(28(35)37-6)26(24)25(20)27(34)36-5/h7-12,16,20,22,25H,13-15H2,1-6H3/b12-11+/t20-,22-,25-/m0/s1. The number of carbonyl (C=O) groups excluding carboxylic acids is 4. The lowest BCUT2D eigenvalue weighted by Crippen LogP contribution is -2.42.